The summed E-state index contributed by atoms with van der Waals surface area (Å²) in [5, 5.41) is 1.44. The van der Waals surface area contributed by atoms with Gasteiger partial charge in [0.1, 0.15) is 0 Å². The summed E-state index contributed by atoms with van der Waals surface area (Å²) in [5.74, 6) is 1.45. The molecule has 3 rings (SSSR count). The fraction of sp³-hybridized carbons (Fsp3) is 0.714. The number of rotatable bonds is 13. The second-order valence-electron chi connectivity index (χ2n) is 23.7. The Labute approximate surface area is 321 Å². The van der Waals surface area contributed by atoms with Crippen molar-refractivity contribution in [1.82, 2.24) is 0 Å². The van der Waals surface area contributed by atoms with Gasteiger partial charge >= 0.3 is 324 Å². The zero-order chi connectivity index (χ0) is 39.1. The molecule has 2 aromatic rings. The van der Waals surface area contributed by atoms with Gasteiger partial charge in [-0.3, -0.25) is 0 Å². The Kier molecular flexibility index (Phi) is 12.8. The van der Waals surface area contributed by atoms with Crippen LogP contribution in [-0.2, 0) is 3.45 Å². The molecule has 1 nitrogen and oxygen atoms in total. The standard InChI is InChI=1S/C42H82GeOSi6/c1-29(2)32-25-34(30(3)4)38(35(26-32)31(5)6)43(44-50(22,23)24)39-36(40(43)45(7,8)9)27-33(41(46(10,11)12)47(13,14)15)28-37(39)42(48(16,17)18)49(19,20)21/h25-31,40-42H,1-24H3/t40-,43+/m1/s1. The Morgan fingerprint density at radius 2 is 0.840 bits per heavy atom. The molecule has 0 fully saturated rings. The molecule has 50 heavy (non-hydrogen) atoms. The van der Waals surface area contributed by atoms with E-state index >= 15 is 0 Å². The van der Waals surface area contributed by atoms with Crippen molar-refractivity contribution in [3.63, 3.8) is 0 Å². The normalized spacial score (nSPS) is 19.7. The van der Waals surface area contributed by atoms with Gasteiger partial charge in [-0.05, 0) is 0 Å². The first-order valence-corrected chi connectivity index (χ1v) is 45.6. The third-order valence-corrected chi connectivity index (χ3v) is 54.2. The van der Waals surface area contributed by atoms with Crippen LogP contribution in [0.2, 0.25) is 118 Å². The Balaban J connectivity index is 2.86. The Morgan fingerprint density at radius 3 is 1.14 bits per heavy atom. The molecule has 1 aliphatic rings. The maximum atomic E-state index is 8.36. The zero-order valence-corrected chi connectivity index (χ0v) is 45.8. The monoisotopic (exact) mass is 844 g/mol. The third kappa shape index (κ3) is 8.86. The van der Waals surface area contributed by atoms with E-state index in [1.807, 2.05) is 9.96 Å². The molecule has 284 valence electrons. The van der Waals surface area contributed by atoms with Gasteiger partial charge < -0.3 is 0 Å². The Hall–Kier alpha value is 0.244. The molecule has 0 saturated heterocycles. The molecule has 0 radical (unpaired) electrons. The van der Waals surface area contributed by atoms with Gasteiger partial charge in [-0.2, -0.15) is 0 Å². The van der Waals surface area contributed by atoms with Gasteiger partial charge in [0.05, 0.1) is 0 Å². The molecule has 1 heterocycles. The molecule has 0 spiro atoms. The average molecular weight is 844 g/mol. The van der Waals surface area contributed by atoms with Crippen molar-refractivity contribution in [2.24, 2.45) is 0 Å². The van der Waals surface area contributed by atoms with E-state index in [1.54, 1.807) is 26.6 Å². The quantitative estimate of drug-likeness (QED) is 0.183. The number of hydrogen-bond acceptors (Lipinski definition) is 1. The molecular formula is C42H82GeOSi6. The van der Waals surface area contributed by atoms with Gasteiger partial charge in [0.25, 0.3) is 0 Å². The van der Waals surface area contributed by atoms with Crippen LogP contribution in [-0.4, -0.2) is 62.3 Å². The van der Waals surface area contributed by atoms with E-state index in [2.05, 4.69) is 184 Å². The fourth-order valence-corrected chi connectivity index (χ4v) is 67.8. The van der Waals surface area contributed by atoms with E-state index in [-0.39, 0.29) is 0 Å². The molecule has 0 N–H and O–H groups in total. The van der Waals surface area contributed by atoms with E-state index < -0.39 is 62.3 Å². The molecule has 0 saturated carbocycles. The van der Waals surface area contributed by atoms with E-state index in [4.69, 9.17) is 3.45 Å². The summed E-state index contributed by atoms with van der Waals surface area (Å²) in [6.45, 7) is 62.5. The van der Waals surface area contributed by atoms with E-state index in [1.165, 1.54) is 5.56 Å². The summed E-state index contributed by atoms with van der Waals surface area (Å²) in [4.78, 5) is 0. The van der Waals surface area contributed by atoms with Gasteiger partial charge in [0.2, 0.25) is 0 Å². The number of benzene rings is 2. The van der Waals surface area contributed by atoms with Crippen molar-refractivity contribution in [3.8, 4) is 0 Å². The summed E-state index contributed by atoms with van der Waals surface area (Å²) >= 11 is -3.55. The van der Waals surface area contributed by atoms with Crippen LogP contribution in [0.1, 0.15) is 107 Å². The summed E-state index contributed by atoms with van der Waals surface area (Å²) < 4.78 is 12.5. The predicted octanol–water partition coefficient (Wildman–Crippen LogP) is 13.2. The van der Waals surface area contributed by atoms with Gasteiger partial charge in [-0.15, -0.1) is 0 Å². The van der Waals surface area contributed by atoms with Crippen molar-refractivity contribution in [3.05, 3.63) is 57.6 Å². The summed E-state index contributed by atoms with van der Waals surface area (Å²) in [6, 6.07) is 11.1. The second-order valence-corrected chi connectivity index (χ2v) is 64.7. The molecule has 1 aliphatic heterocycles. The predicted molar refractivity (Wildman–Crippen MR) is 250 cm³/mol. The van der Waals surface area contributed by atoms with Gasteiger partial charge in [-0.1, -0.05) is 0 Å². The van der Waals surface area contributed by atoms with Crippen molar-refractivity contribution >= 4 is 71.1 Å². The van der Waals surface area contributed by atoms with Crippen LogP contribution in [0.15, 0.2) is 24.3 Å². The van der Waals surface area contributed by atoms with Crippen molar-refractivity contribution in [2.75, 3.05) is 0 Å². The van der Waals surface area contributed by atoms with Crippen molar-refractivity contribution in [2.45, 2.75) is 192 Å². The van der Waals surface area contributed by atoms with Crippen LogP contribution in [0.5, 0.6) is 0 Å². The third-order valence-electron chi connectivity index (χ3n) is 11.3. The SMILES string of the molecule is CC(C)c1cc(C(C)C)[c]([Ge@]2([O][Si](C)(C)C)[c]3c(C([Si](C)(C)C)[Si](C)(C)C)cc(C([Si](C)(C)C)[Si](C)(C)C)cc3[C@H]2[Si](C)(C)C)c(C(C)C)c1. The second kappa shape index (κ2) is 14.4. The first-order chi connectivity index (χ1) is 22.1. The Morgan fingerprint density at radius 1 is 0.460 bits per heavy atom. The van der Waals surface area contributed by atoms with Crippen LogP contribution in [0.3, 0.4) is 0 Å². The summed E-state index contributed by atoms with van der Waals surface area (Å²) in [7, 11) is -10.1. The van der Waals surface area contributed by atoms with Gasteiger partial charge in [-0.25, -0.2) is 0 Å². The Bertz CT molecular complexity index is 1480. The fourth-order valence-electron chi connectivity index (χ4n) is 11.0. The molecule has 2 atom stereocenters. The topological polar surface area (TPSA) is 9.23 Å². The van der Waals surface area contributed by atoms with Crippen LogP contribution in [0, 0.1) is 0 Å². The van der Waals surface area contributed by atoms with Crippen LogP contribution in [0.4, 0.5) is 0 Å². The minimum atomic E-state index is -3.55. The van der Waals surface area contributed by atoms with Crippen LogP contribution in [0.25, 0.3) is 0 Å². The van der Waals surface area contributed by atoms with Crippen LogP contribution >= 0.6 is 0 Å². The van der Waals surface area contributed by atoms with E-state index in [9.17, 15) is 0 Å². The van der Waals surface area contributed by atoms with E-state index in [0.29, 0.717) is 27.3 Å². The van der Waals surface area contributed by atoms with Gasteiger partial charge in [0, 0.05) is 0 Å². The van der Waals surface area contributed by atoms with Crippen molar-refractivity contribution in [1.29, 1.82) is 0 Å². The molecule has 8 heteroatoms. The molecule has 0 unspecified atom stereocenters. The summed E-state index contributed by atoms with van der Waals surface area (Å²) in [5.41, 5.74) is 10.1. The number of fused-ring (bicyclic) bond motifs is 1. The van der Waals surface area contributed by atoms with Crippen LogP contribution < -0.4 is 8.79 Å². The molecule has 2 aromatic carbocycles. The first-order valence-electron chi connectivity index (χ1n) is 20.1. The minimum absolute atomic E-state index is 0.468. The summed E-state index contributed by atoms with van der Waals surface area (Å²) in [6.07, 6.45) is 0. The molecule has 0 aromatic heterocycles. The van der Waals surface area contributed by atoms with Gasteiger partial charge in [0.15, 0.2) is 0 Å². The molecule has 0 amide bonds. The average Bonchev–Trinajstić information content (AvgIpc) is 2.81. The number of hydrogen-bond donors (Lipinski definition) is 0. The van der Waals surface area contributed by atoms with Crippen molar-refractivity contribution < 1.29 is 3.45 Å². The van der Waals surface area contributed by atoms with E-state index in [0.717, 1.165) is 5.16 Å². The maximum absolute atomic E-state index is 8.36. The molecular weight excluding hydrogens is 762 g/mol. The molecule has 0 aliphatic carbocycles. The first kappa shape index (κ1) is 44.6. The zero-order valence-electron chi connectivity index (χ0n) is 37.7. The molecule has 0 bridgehead atoms.